The van der Waals surface area contributed by atoms with Crippen molar-refractivity contribution < 1.29 is 19.1 Å². The fourth-order valence-corrected chi connectivity index (χ4v) is 2.55. The number of amides is 1. The van der Waals surface area contributed by atoms with Crippen LogP contribution in [0.25, 0.3) is 0 Å². The first-order chi connectivity index (χ1) is 12.7. The summed E-state index contributed by atoms with van der Waals surface area (Å²) in [5.41, 5.74) is 1.35. The van der Waals surface area contributed by atoms with Crippen LogP contribution in [0, 0.1) is 0 Å². The third kappa shape index (κ3) is 4.15. The number of aromatic nitrogens is 2. The molecule has 1 saturated heterocycles. The lowest BCUT2D eigenvalue weighted by Crippen LogP contribution is -2.40. The molecule has 8 nitrogen and oxygen atoms in total. The van der Waals surface area contributed by atoms with Crippen LogP contribution >= 0.6 is 0 Å². The average Bonchev–Trinajstić information content (AvgIpc) is 2.69. The van der Waals surface area contributed by atoms with Crippen LogP contribution < -0.4 is 5.32 Å². The summed E-state index contributed by atoms with van der Waals surface area (Å²) in [5, 5.41) is 2.99. The summed E-state index contributed by atoms with van der Waals surface area (Å²) >= 11 is 0. The third-order valence-electron chi connectivity index (χ3n) is 3.87. The molecule has 26 heavy (non-hydrogen) atoms. The summed E-state index contributed by atoms with van der Waals surface area (Å²) in [6.07, 6.45) is 2.94. The van der Waals surface area contributed by atoms with E-state index in [0.29, 0.717) is 55.7 Å². The van der Waals surface area contributed by atoms with Crippen LogP contribution in [0.2, 0.25) is 0 Å². The minimum atomic E-state index is -0.422. The van der Waals surface area contributed by atoms with Gasteiger partial charge in [0.15, 0.2) is 0 Å². The molecular weight excluding hydrogens is 336 g/mol. The molecule has 0 saturated carbocycles. The first kappa shape index (κ1) is 17.8. The molecule has 8 heteroatoms. The van der Waals surface area contributed by atoms with E-state index < -0.39 is 5.97 Å². The molecule has 1 aromatic carbocycles. The van der Waals surface area contributed by atoms with Crippen molar-refractivity contribution in [3.63, 3.8) is 0 Å². The Balaban J connectivity index is 1.72. The average molecular weight is 356 g/mol. The van der Waals surface area contributed by atoms with Crippen molar-refractivity contribution in [3.8, 4) is 0 Å². The summed E-state index contributed by atoms with van der Waals surface area (Å²) in [6.45, 7) is 4.24. The molecule has 1 N–H and O–H groups in total. The smallest absolute Gasteiger partial charge is 0.340 e. The maximum Gasteiger partial charge on any atom is 0.340 e. The highest BCUT2D eigenvalue weighted by atomic mass is 16.5. The normalized spacial score (nSPS) is 14.0. The first-order valence-corrected chi connectivity index (χ1v) is 8.41. The number of benzene rings is 1. The van der Waals surface area contributed by atoms with Gasteiger partial charge in [0.25, 0.3) is 5.91 Å². The van der Waals surface area contributed by atoms with E-state index in [1.807, 2.05) is 0 Å². The second-order valence-corrected chi connectivity index (χ2v) is 5.59. The van der Waals surface area contributed by atoms with E-state index in [0.717, 1.165) is 0 Å². The zero-order valence-corrected chi connectivity index (χ0v) is 14.5. The molecular formula is C18H20N4O4. The first-order valence-electron chi connectivity index (χ1n) is 8.41. The molecule has 0 bridgehead atoms. The highest BCUT2D eigenvalue weighted by Gasteiger charge is 2.19. The molecule has 0 unspecified atom stereocenters. The van der Waals surface area contributed by atoms with Gasteiger partial charge in [-0.2, -0.15) is 0 Å². The zero-order valence-electron chi connectivity index (χ0n) is 14.5. The lowest BCUT2D eigenvalue weighted by Gasteiger charge is -2.26. The molecule has 0 atom stereocenters. The molecule has 2 heterocycles. The van der Waals surface area contributed by atoms with E-state index in [1.165, 1.54) is 12.4 Å². The quantitative estimate of drug-likeness (QED) is 0.817. The van der Waals surface area contributed by atoms with Crippen LogP contribution in [0.5, 0.6) is 0 Å². The van der Waals surface area contributed by atoms with Crippen LogP contribution in [-0.2, 0) is 9.47 Å². The Kier molecular flexibility index (Phi) is 5.75. The van der Waals surface area contributed by atoms with Crippen LogP contribution in [0.1, 0.15) is 27.6 Å². The minimum Gasteiger partial charge on any atom is -0.462 e. The number of hydrogen-bond acceptors (Lipinski definition) is 7. The van der Waals surface area contributed by atoms with E-state index in [2.05, 4.69) is 15.3 Å². The van der Waals surface area contributed by atoms with Crippen LogP contribution in [-0.4, -0.2) is 59.7 Å². The third-order valence-corrected chi connectivity index (χ3v) is 3.87. The second kappa shape index (κ2) is 8.39. The van der Waals surface area contributed by atoms with Gasteiger partial charge in [-0.15, -0.1) is 0 Å². The molecule has 1 amide bonds. The number of ether oxygens (including phenoxy) is 2. The van der Waals surface area contributed by atoms with Gasteiger partial charge in [0.1, 0.15) is 0 Å². The summed E-state index contributed by atoms with van der Waals surface area (Å²) < 4.78 is 10.3. The van der Waals surface area contributed by atoms with E-state index >= 15 is 0 Å². The van der Waals surface area contributed by atoms with E-state index in [-0.39, 0.29) is 5.91 Å². The Labute approximate surface area is 151 Å². The largest absolute Gasteiger partial charge is 0.462 e. The fraction of sp³-hybridized carbons (Fsp3) is 0.333. The van der Waals surface area contributed by atoms with Crippen molar-refractivity contribution >= 4 is 23.5 Å². The molecule has 0 spiro atoms. The summed E-state index contributed by atoms with van der Waals surface area (Å²) in [7, 11) is 0. The minimum absolute atomic E-state index is 0.119. The second-order valence-electron chi connectivity index (χ2n) is 5.59. The predicted octanol–water partition coefficient (Wildman–Crippen LogP) is 1.87. The summed E-state index contributed by atoms with van der Waals surface area (Å²) in [4.78, 5) is 34.5. The lowest BCUT2D eigenvalue weighted by molar-refractivity contribution is 0.0302. The van der Waals surface area contributed by atoms with E-state index in [1.54, 1.807) is 36.1 Å². The predicted molar refractivity (Wildman–Crippen MR) is 94.4 cm³/mol. The Bertz CT molecular complexity index is 773. The van der Waals surface area contributed by atoms with Crippen molar-refractivity contribution in [2.45, 2.75) is 6.92 Å². The number of hydrogen-bond donors (Lipinski definition) is 1. The molecule has 0 radical (unpaired) electrons. The van der Waals surface area contributed by atoms with E-state index in [9.17, 15) is 9.59 Å². The molecule has 1 fully saturated rings. The van der Waals surface area contributed by atoms with Gasteiger partial charge in [0.05, 0.1) is 36.6 Å². The molecule has 1 aromatic heterocycles. The van der Waals surface area contributed by atoms with Crippen molar-refractivity contribution in [2.75, 3.05) is 38.2 Å². The highest BCUT2D eigenvalue weighted by Crippen LogP contribution is 2.19. The zero-order chi connectivity index (χ0) is 18.4. The molecule has 1 aliphatic rings. The number of morpholine rings is 1. The number of carbonyl (C=O) groups is 2. The van der Waals surface area contributed by atoms with Crippen molar-refractivity contribution in [3.05, 3.63) is 47.8 Å². The van der Waals surface area contributed by atoms with Gasteiger partial charge in [-0.3, -0.25) is 4.79 Å². The standard InChI is InChI=1S/C18H20N4O4/c1-2-26-17(24)14-5-3-4-6-15(14)21-18-19-11-13(12-20-18)16(23)22-7-9-25-10-8-22/h3-6,11-12H,2,7-10H2,1H3,(H,19,20,21). The lowest BCUT2D eigenvalue weighted by atomic mass is 10.2. The van der Waals surface area contributed by atoms with Crippen LogP contribution in [0.4, 0.5) is 11.6 Å². The molecule has 1 aliphatic heterocycles. The number of anilines is 2. The molecule has 136 valence electrons. The summed E-state index contributed by atoms with van der Waals surface area (Å²) in [6, 6.07) is 6.95. The van der Waals surface area contributed by atoms with Gasteiger partial charge >= 0.3 is 5.97 Å². The number of rotatable bonds is 5. The van der Waals surface area contributed by atoms with Crippen molar-refractivity contribution in [1.29, 1.82) is 0 Å². The fourth-order valence-electron chi connectivity index (χ4n) is 2.55. The number of esters is 1. The topological polar surface area (TPSA) is 93.6 Å². The van der Waals surface area contributed by atoms with Crippen LogP contribution in [0.3, 0.4) is 0 Å². The Morgan fingerprint density at radius 3 is 2.58 bits per heavy atom. The van der Waals surface area contributed by atoms with Crippen LogP contribution in [0.15, 0.2) is 36.7 Å². The molecule has 0 aliphatic carbocycles. The number of carbonyl (C=O) groups excluding carboxylic acids is 2. The van der Waals surface area contributed by atoms with Gasteiger partial charge < -0.3 is 19.7 Å². The van der Waals surface area contributed by atoms with E-state index in [4.69, 9.17) is 9.47 Å². The van der Waals surface area contributed by atoms with Gasteiger partial charge in [-0.05, 0) is 19.1 Å². The summed E-state index contributed by atoms with van der Waals surface area (Å²) in [5.74, 6) is -0.248. The monoisotopic (exact) mass is 356 g/mol. The van der Waals surface area contributed by atoms with Gasteiger partial charge in [0.2, 0.25) is 5.95 Å². The van der Waals surface area contributed by atoms with Gasteiger partial charge in [-0.1, -0.05) is 12.1 Å². The molecule has 2 aromatic rings. The SMILES string of the molecule is CCOC(=O)c1ccccc1Nc1ncc(C(=O)N2CCOCC2)cn1. The maximum atomic E-state index is 12.4. The molecule has 3 rings (SSSR count). The Hall–Kier alpha value is -3.00. The number of para-hydroxylation sites is 1. The maximum absolute atomic E-state index is 12.4. The highest BCUT2D eigenvalue weighted by molar-refractivity contribution is 5.96. The van der Waals surface area contributed by atoms with Gasteiger partial charge in [0, 0.05) is 25.5 Å². The Morgan fingerprint density at radius 1 is 1.19 bits per heavy atom. The number of nitrogens with one attached hydrogen (secondary N) is 1. The Morgan fingerprint density at radius 2 is 1.88 bits per heavy atom. The van der Waals surface area contributed by atoms with Gasteiger partial charge in [-0.25, -0.2) is 14.8 Å². The van der Waals surface area contributed by atoms with Crippen molar-refractivity contribution in [1.82, 2.24) is 14.9 Å². The number of nitrogens with zero attached hydrogens (tertiary/aromatic N) is 3. The van der Waals surface area contributed by atoms with Crippen molar-refractivity contribution in [2.24, 2.45) is 0 Å².